The predicted molar refractivity (Wildman–Crippen MR) is 93.6 cm³/mol. The van der Waals surface area contributed by atoms with Crippen molar-refractivity contribution < 1.29 is 4.39 Å². The molecule has 2 rings (SSSR count). The molecule has 0 amide bonds. The molecule has 0 N–H and O–H groups in total. The molecule has 1 aliphatic rings. The summed E-state index contributed by atoms with van der Waals surface area (Å²) in [5.74, 6) is 1.58. The van der Waals surface area contributed by atoms with E-state index in [2.05, 4.69) is 34.6 Å². The van der Waals surface area contributed by atoms with Gasteiger partial charge in [0.1, 0.15) is 5.82 Å². The standard InChI is InChI=1S/C21H33F/c1-20(2,3)14-16-7-6-8-17(13-16)15-21(4,5)18-9-11-19(22)12-10-18/h9-12,16-17H,6-8,13-15H2,1-5H3. The first-order chi connectivity index (χ1) is 10.2. The van der Waals surface area contributed by atoms with E-state index < -0.39 is 0 Å². The second kappa shape index (κ2) is 6.72. The minimum atomic E-state index is -0.137. The highest BCUT2D eigenvalue weighted by Gasteiger charge is 2.30. The number of halogens is 1. The molecule has 22 heavy (non-hydrogen) atoms. The first kappa shape index (κ1) is 17.5. The molecule has 2 atom stereocenters. The van der Waals surface area contributed by atoms with E-state index in [1.807, 2.05) is 12.1 Å². The van der Waals surface area contributed by atoms with Gasteiger partial charge in [-0.3, -0.25) is 0 Å². The Kier molecular flexibility index (Phi) is 5.35. The van der Waals surface area contributed by atoms with Crippen LogP contribution in [0.5, 0.6) is 0 Å². The maximum absolute atomic E-state index is 13.1. The SMILES string of the molecule is CC(C)(C)CC1CCCC(CC(C)(C)c2ccc(F)cc2)C1. The molecule has 0 bridgehead atoms. The van der Waals surface area contributed by atoms with Crippen molar-refractivity contribution in [2.24, 2.45) is 17.3 Å². The summed E-state index contributed by atoms with van der Waals surface area (Å²) >= 11 is 0. The lowest BCUT2D eigenvalue weighted by molar-refractivity contribution is 0.175. The summed E-state index contributed by atoms with van der Waals surface area (Å²) in [6.45, 7) is 11.7. The number of hydrogen-bond donors (Lipinski definition) is 0. The highest BCUT2D eigenvalue weighted by Crippen LogP contribution is 2.42. The Morgan fingerprint density at radius 3 is 2.00 bits per heavy atom. The molecule has 1 heteroatoms. The molecule has 1 aromatic carbocycles. The minimum absolute atomic E-state index is 0.137. The van der Waals surface area contributed by atoms with Crippen LogP contribution in [0.3, 0.4) is 0 Å². The van der Waals surface area contributed by atoms with Crippen molar-refractivity contribution in [3.63, 3.8) is 0 Å². The lowest BCUT2D eigenvalue weighted by Gasteiger charge is -2.37. The third kappa shape index (κ3) is 5.11. The van der Waals surface area contributed by atoms with Crippen molar-refractivity contribution in [1.29, 1.82) is 0 Å². The van der Waals surface area contributed by atoms with Crippen LogP contribution in [0.4, 0.5) is 4.39 Å². The Labute approximate surface area is 136 Å². The van der Waals surface area contributed by atoms with Gasteiger partial charge in [-0.05, 0) is 59.6 Å². The van der Waals surface area contributed by atoms with Crippen LogP contribution in [0.25, 0.3) is 0 Å². The van der Waals surface area contributed by atoms with Gasteiger partial charge in [0.25, 0.3) is 0 Å². The van der Waals surface area contributed by atoms with Gasteiger partial charge in [-0.25, -0.2) is 4.39 Å². The Morgan fingerprint density at radius 1 is 0.909 bits per heavy atom. The number of hydrogen-bond acceptors (Lipinski definition) is 0. The Balaban J connectivity index is 1.98. The molecule has 1 saturated carbocycles. The number of rotatable bonds is 4. The molecule has 0 spiro atoms. The van der Waals surface area contributed by atoms with Crippen LogP contribution in [-0.2, 0) is 5.41 Å². The van der Waals surface area contributed by atoms with Crippen molar-refractivity contribution in [1.82, 2.24) is 0 Å². The monoisotopic (exact) mass is 304 g/mol. The van der Waals surface area contributed by atoms with Gasteiger partial charge < -0.3 is 0 Å². The van der Waals surface area contributed by atoms with Gasteiger partial charge in [-0.1, -0.05) is 66.0 Å². The van der Waals surface area contributed by atoms with E-state index in [1.54, 1.807) is 12.1 Å². The van der Waals surface area contributed by atoms with Gasteiger partial charge in [-0.15, -0.1) is 0 Å². The fourth-order valence-electron chi connectivity index (χ4n) is 4.38. The van der Waals surface area contributed by atoms with Gasteiger partial charge in [0, 0.05) is 0 Å². The summed E-state index contributed by atoms with van der Waals surface area (Å²) in [5.41, 5.74) is 1.85. The normalized spacial score (nSPS) is 23.5. The Hall–Kier alpha value is -0.850. The average molecular weight is 304 g/mol. The van der Waals surface area contributed by atoms with Crippen LogP contribution < -0.4 is 0 Å². The zero-order valence-corrected chi connectivity index (χ0v) is 15.1. The lowest BCUT2D eigenvalue weighted by atomic mass is 9.68. The summed E-state index contributed by atoms with van der Waals surface area (Å²) in [6, 6.07) is 7.12. The van der Waals surface area contributed by atoms with Gasteiger partial charge >= 0.3 is 0 Å². The maximum Gasteiger partial charge on any atom is 0.123 e. The first-order valence-corrected chi connectivity index (χ1v) is 8.92. The Morgan fingerprint density at radius 2 is 1.45 bits per heavy atom. The zero-order valence-electron chi connectivity index (χ0n) is 15.1. The largest absolute Gasteiger partial charge is 0.207 e. The molecule has 0 heterocycles. The van der Waals surface area contributed by atoms with Gasteiger partial charge in [-0.2, -0.15) is 0 Å². The van der Waals surface area contributed by atoms with Crippen LogP contribution in [-0.4, -0.2) is 0 Å². The maximum atomic E-state index is 13.1. The lowest BCUT2D eigenvalue weighted by Crippen LogP contribution is -2.27. The average Bonchev–Trinajstić information content (AvgIpc) is 2.37. The molecule has 0 nitrogen and oxygen atoms in total. The summed E-state index contributed by atoms with van der Waals surface area (Å²) in [5, 5.41) is 0. The molecule has 0 aromatic heterocycles. The van der Waals surface area contributed by atoms with Crippen LogP contribution in [0.2, 0.25) is 0 Å². The van der Waals surface area contributed by atoms with Crippen LogP contribution >= 0.6 is 0 Å². The van der Waals surface area contributed by atoms with Crippen LogP contribution in [0.1, 0.15) is 78.7 Å². The molecular weight excluding hydrogens is 271 g/mol. The third-order valence-corrected chi connectivity index (χ3v) is 5.22. The van der Waals surface area contributed by atoms with E-state index in [0.717, 1.165) is 11.8 Å². The van der Waals surface area contributed by atoms with Gasteiger partial charge in [0.05, 0.1) is 0 Å². The van der Waals surface area contributed by atoms with E-state index in [1.165, 1.54) is 44.1 Å². The van der Waals surface area contributed by atoms with Crippen molar-refractivity contribution in [2.45, 2.75) is 78.6 Å². The molecule has 1 aliphatic carbocycles. The molecule has 0 aliphatic heterocycles. The van der Waals surface area contributed by atoms with E-state index in [-0.39, 0.29) is 11.2 Å². The molecule has 1 fully saturated rings. The fraction of sp³-hybridized carbons (Fsp3) is 0.714. The van der Waals surface area contributed by atoms with E-state index in [9.17, 15) is 4.39 Å². The summed E-state index contributed by atoms with van der Waals surface area (Å²) < 4.78 is 13.1. The van der Waals surface area contributed by atoms with Crippen molar-refractivity contribution in [2.75, 3.05) is 0 Å². The van der Waals surface area contributed by atoms with Gasteiger partial charge in [0.2, 0.25) is 0 Å². The van der Waals surface area contributed by atoms with Crippen molar-refractivity contribution in [3.8, 4) is 0 Å². The summed E-state index contributed by atoms with van der Waals surface area (Å²) in [6.07, 6.45) is 8.10. The molecular formula is C21H33F. The van der Waals surface area contributed by atoms with Crippen molar-refractivity contribution >= 4 is 0 Å². The van der Waals surface area contributed by atoms with Crippen molar-refractivity contribution in [3.05, 3.63) is 35.6 Å². The summed E-state index contributed by atoms with van der Waals surface area (Å²) in [4.78, 5) is 0. The van der Waals surface area contributed by atoms with E-state index >= 15 is 0 Å². The number of benzene rings is 1. The fourth-order valence-corrected chi connectivity index (χ4v) is 4.38. The van der Waals surface area contributed by atoms with Crippen LogP contribution in [0.15, 0.2) is 24.3 Å². The van der Waals surface area contributed by atoms with Gasteiger partial charge in [0.15, 0.2) is 0 Å². The molecule has 2 unspecified atom stereocenters. The second-order valence-corrected chi connectivity index (χ2v) is 9.26. The topological polar surface area (TPSA) is 0 Å². The third-order valence-electron chi connectivity index (χ3n) is 5.22. The molecule has 124 valence electrons. The Bertz CT molecular complexity index is 464. The highest BCUT2D eigenvalue weighted by atomic mass is 19.1. The zero-order chi connectivity index (χ0) is 16.4. The first-order valence-electron chi connectivity index (χ1n) is 8.92. The van der Waals surface area contributed by atoms with E-state index in [4.69, 9.17) is 0 Å². The molecule has 0 saturated heterocycles. The molecule has 1 aromatic rings. The molecule has 0 radical (unpaired) electrons. The van der Waals surface area contributed by atoms with Crippen LogP contribution in [0, 0.1) is 23.1 Å². The minimum Gasteiger partial charge on any atom is -0.207 e. The highest BCUT2D eigenvalue weighted by molar-refractivity contribution is 5.24. The quantitative estimate of drug-likeness (QED) is 0.578. The summed E-state index contributed by atoms with van der Waals surface area (Å²) in [7, 11) is 0. The second-order valence-electron chi connectivity index (χ2n) is 9.26. The van der Waals surface area contributed by atoms with E-state index in [0.29, 0.717) is 5.41 Å². The predicted octanol–water partition coefficient (Wildman–Crippen LogP) is 6.74. The smallest absolute Gasteiger partial charge is 0.123 e.